The summed E-state index contributed by atoms with van der Waals surface area (Å²) in [6.45, 7) is 16.9. The fourth-order valence-electron chi connectivity index (χ4n) is 5.45. The van der Waals surface area contributed by atoms with E-state index in [-0.39, 0.29) is 28.6 Å². The van der Waals surface area contributed by atoms with E-state index in [1.54, 1.807) is 35.2 Å². The zero-order chi connectivity index (χ0) is 33.6. The summed E-state index contributed by atoms with van der Waals surface area (Å²) in [5.74, 6) is 0.169. The smallest absolute Gasteiger partial charge is 0.410 e. The van der Waals surface area contributed by atoms with Crippen molar-refractivity contribution in [1.29, 1.82) is 0 Å². The Labute approximate surface area is 276 Å². The number of nitrogens with one attached hydrogen (secondary N) is 2. The molecule has 0 radical (unpaired) electrons. The van der Waals surface area contributed by atoms with Crippen molar-refractivity contribution in [2.75, 3.05) is 36.8 Å². The van der Waals surface area contributed by atoms with Crippen LogP contribution in [-0.4, -0.2) is 79.1 Å². The van der Waals surface area contributed by atoms with Gasteiger partial charge in [0.15, 0.2) is 5.13 Å². The van der Waals surface area contributed by atoms with Crippen molar-refractivity contribution in [1.82, 2.24) is 14.8 Å². The molecule has 1 aliphatic rings. The summed E-state index contributed by atoms with van der Waals surface area (Å²) >= 11 is 1.25. The molecule has 0 aliphatic carbocycles. The number of benzene rings is 2. The molecule has 3 aromatic rings. The molecule has 13 heteroatoms. The number of piperidine rings is 1. The predicted molar refractivity (Wildman–Crippen MR) is 183 cm³/mol. The standard InChI is InChI=1S/C33H47N5O6S2/c1-22(2)38(23(3)4)19-16-34-25-8-11-27(12-9-25)46(41,42)44-26-10-13-28-29(21-26)45-31(35-28)36-30(39)20-24-14-17-37(18-15-24)32(40)43-33(5,6)7/h8-13,21-24,34H,14-20H2,1-7H3,(H,35,36,39). The van der Waals surface area contributed by atoms with Crippen LogP contribution < -0.4 is 14.8 Å². The molecule has 2 amide bonds. The molecule has 0 bridgehead atoms. The maximum absolute atomic E-state index is 13.0. The lowest BCUT2D eigenvalue weighted by Gasteiger charge is -2.33. The number of amides is 2. The van der Waals surface area contributed by atoms with Gasteiger partial charge in [-0.25, -0.2) is 9.78 Å². The average Bonchev–Trinajstić information content (AvgIpc) is 3.35. The summed E-state index contributed by atoms with van der Waals surface area (Å²) in [6.07, 6.45) is 1.44. The molecule has 1 fully saturated rings. The first-order valence-electron chi connectivity index (χ1n) is 15.8. The number of carbonyl (C=O) groups excluding carboxylic acids is 2. The maximum Gasteiger partial charge on any atom is 0.410 e. The van der Waals surface area contributed by atoms with Crippen LogP contribution in [0.2, 0.25) is 0 Å². The van der Waals surface area contributed by atoms with Crippen LogP contribution in [-0.2, 0) is 19.6 Å². The first-order valence-corrected chi connectivity index (χ1v) is 18.0. The molecular weight excluding hydrogens is 627 g/mol. The Balaban J connectivity index is 1.28. The summed E-state index contributed by atoms with van der Waals surface area (Å²) in [6, 6.07) is 12.2. The Bertz CT molecular complexity index is 1580. The summed E-state index contributed by atoms with van der Waals surface area (Å²) in [5.41, 5.74) is 0.915. The van der Waals surface area contributed by atoms with Gasteiger partial charge in [0.25, 0.3) is 0 Å². The van der Waals surface area contributed by atoms with E-state index in [2.05, 4.69) is 48.2 Å². The van der Waals surface area contributed by atoms with Crippen molar-refractivity contribution < 1.29 is 26.9 Å². The highest BCUT2D eigenvalue weighted by Crippen LogP contribution is 2.31. The lowest BCUT2D eigenvalue weighted by Crippen LogP contribution is -2.42. The molecule has 1 saturated heterocycles. The van der Waals surface area contributed by atoms with E-state index in [9.17, 15) is 18.0 Å². The summed E-state index contributed by atoms with van der Waals surface area (Å²) < 4.78 is 37.6. The third-order valence-corrected chi connectivity index (χ3v) is 9.92. The SMILES string of the molecule is CC(C)N(CCNc1ccc(S(=O)(=O)Oc2ccc3nc(NC(=O)CC4CCN(C(=O)OC(C)(C)C)CC4)sc3c2)cc1)C(C)C. The number of carbonyl (C=O) groups is 2. The molecule has 0 unspecified atom stereocenters. The molecule has 11 nitrogen and oxygen atoms in total. The van der Waals surface area contributed by atoms with Crippen molar-refractivity contribution in [2.24, 2.45) is 5.92 Å². The van der Waals surface area contributed by atoms with Gasteiger partial charge in [0.2, 0.25) is 5.91 Å². The number of anilines is 2. The minimum absolute atomic E-state index is 0.0540. The van der Waals surface area contributed by atoms with Gasteiger partial charge in [-0.05, 0) is 104 Å². The van der Waals surface area contributed by atoms with Crippen LogP contribution in [0.15, 0.2) is 47.4 Å². The zero-order valence-corrected chi connectivity index (χ0v) is 29.5. The number of fused-ring (bicyclic) bond motifs is 1. The average molecular weight is 674 g/mol. The van der Waals surface area contributed by atoms with Gasteiger partial charge in [0, 0.05) is 56.4 Å². The molecule has 1 aromatic heterocycles. The van der Waals surface area contributed by atoms with E-state index in [4.69, 9.17) is 8.92 Å². The maximum atomic E-state index is 13.0. The Hall–Kier alpha value is -3.42. The lowest BCUT2D eigenvalue weighted by molar-refractivity contribution is -0.117. The van der Waals surface area contributed by atoms with Crippen LogP contribution in [0.4, 0.5) is 15.6 Å². The van der Waals surface area contributed by atoms with Crippen molar-refractivity contribution in [3.8, 4) is 5.75 Å². The molecule has 0 atom stereocenters. The second-order valence-electron chi connectivity index (χ2n) is 13.2. The summed E-state index contributed by atoms with van der Waals surface area (Å²) in [5, 5.41) is 6.65. The number of ether oxygens (including phenoxy) is 1. The Morgan fingerprint density at radius 2 is 1.70 bits per heavy atom. The van der Waals surface area contributed by atoms with Gasteiger partial charge in [0.05, 0.1) is 10.2 Å². The summed E-state index contributed by atoms with van der Waals surface area (Å²) in [7, 11) is -4.06. The van der Waals surface area contributed by atoms with E-state index >= 15 is 0 Å². The second kappa shape index (κ2) is 15.0. The third kappa shape index (κ3) is 10.0. The molecule has 1 aliphatic heterocycles. The van der Waals surface area contributed by atoms with Crippen LogP contribution in [0.5, 0.6) is 5.75 Å². The lowest BCUT2D eigenvalue weighted by atomic mass is 9.93. The molecule has 2 N–H and O–H groups in total. The van der Waals surface area contributed by atoms with Gasteiger partial charge < -0.3 is 24.5 Å². The monoisotopic (exact) mass is 673 g/mol. The second-order valence-corrected chi connectivity index (χ2v) is 15.8. The first kappa shape index (κ1) is 35.4. The van der Waals surface area contributed by atoms with E-state index in [1.165, 1.54) is 23.5 Å². The molecule has 46 heavy (non-hydrogen) atoms. The van der Waals surface area contributed by atoms with Gasteiger partial charge in [0.1, 0.15) is 16.2 Å². The van der Waals surface area contributed by atoms with Crippen LogP contribution >= 0.6 is 11.3 Å². The highest BCUT2D eigenvalue weighted by Gasteiger charge is 2.28. The number of rotatable bonds is 12. The van der Waals surface area contributed by atoms with E-state index in [0.717, 1.165) is 31.6 Å². The van der Waals surface area contributed by atoms with Gasteiger partial charge in [-0.2, -0.15) is 8.42 Å². The Kier molecular flexibility index (Phi) is 11.5. The molecule has 2 aromatic carbocycles. The minimum atomic E-state index is -4.06. The minimum Gasteiger partial charge on any atom is -0.444 e. The number of hydrogen-bond donors (Lipinski definition) is 2. The van der Waals surface area contributed by atoms with Crippen LogP contribution in [0.1, 0.15) is 67.7 Å². The van der Waals surface area contributed by atoms with Crippen molar-refractivity contribution >= 4 is 54.5 Å². The molecule has 0 spiro atoms. The molecule has 2 heterocycles. The number of likely N-dealkylation sites (tertiary alicyclic amines) is 1. The Morgan fingerprint density at radius 3 is 2.30 bits per heavy atom. The molecule has 0 saturated carbocycles. The Morgan fingerprint density at radius 1 is 1.04 bits per heavy atom. The first-order chi connectivity index (χ1) is 21.6. The number of aromatic nitrogens is 1. The topological polar surface area (TPSA) is 130 Å². The van der Waals surface area contributed by atoms with Crippen molar-refractivity contribution in [2.45, 2.75) is 90.3 Å². The molecule has 4 rings (SSSR count). The highest BCUT2D eigenvalue weighted by atomic mass is 32.2. The number of thiazole rings is 1. The fourth-order valence-corrected chi connectivity index (χ4v) is 7.28. The summed E-state index contributed by atoms with van der Waals surface area (Å²) in [4.78, 5) is 33.7. The van der Waals surface area contributed by atoms with Gasteiger partial charge in [-0.1, -0.05) is 11.3 Å². The quantitative estimate of drug-likeness (QED) is 0.205. The largest absolute Gasteiger partial charge is 0.444 e. The van der Waals surface area contributed by atoms with Gasteiger partial charge in [-0.15, -0.1) is 0 Å². The van der Waals surface area contributed by atoms with Crippen molar-refractivity contribution in [3.63, 3.8) is 0 Å². The van der Waals surface area contributed by atoms with Crippen LogP contribution in [0.3, 0.4) is 0 Å². The number of hydrogen-bond acceptors (Lipinski definition) is 10. The van der Waals surface area contributed by atoms with E-state index in [0.29, 0.717) is 46.9 Å². The van der Waals surface area contributed by atoms with Crippen LogP contribution in [0, 0.1) is 5.92 Å². The van der Waals surface area contributed by atoms with Crippen LogP contribution in [0.25, 0.3) is 10.2 Å². The fraction of sp³-hybridized carbons (Fsp3) is 0.545. The third-order valence-electron chi connectivity index (χ3n) is 7.72. The van der Waals surface area contributed by atoms with E-state index < -0.39 is 15.7 Å². The molecular formula is C33H47N5O6S2. The highest BCUT2D eigenvalue weighted by molar-refractivity contribution is 7.87. The number of nitrogens with zero attached hydrogens (tertiary/aromatic N) is 3. The van der Waals surface area contributed by atoms with E-state index in [1.807, 2.05) is 20.8 Å². The van der Waals surface area contributed by atoms with Crippen molar-refractivity contribution in [3.05, 3.63) is 42.5 Å². The van der Waals surface area contributed by atoms with Gasteiger partial charge in [-0.3, -0.25) is 9.69 Å². The zero-order valence-electron chi connectivity index (χ0n) is 27.8. The molecule has 252 valence electrons. The van der Waals surface area contributed by atoms with Gasteiger partial charge >= 0.3 is 16.2 Å². The normalized spacial score (nSPS) is 14.7. The predicted octanol–water partition coefficient (Wildman–Crippen LogP) is 6.57.